The normalized spacial score (nSPS) is 25.2. The van der Waals surface area contributed by atoms with Gasteiger partial charge in [-0.1, -0.05) is 6.07 Å². The molecule has 0 bridgehead atoms. The van der Waals surface area contributed by atoms with Crippen molar-refractivity contribution in [1.82, 2.24) is 19.8 Å². The quantitative estimate of drug-likeness (QED) is 0.817. The third kappa shape index (κ3) is 3.29. The molecule has 0 radical (unpaired) electrons. The molecular formula is C22H28FN5. The maximum Gasteiger partial charge on any atom is 0.142 e. The second-order valence-electron chi connectivity index (χ2n) is 8.86. The molecule has 0 N–H and O–H groups in total. The Bertz CT molecular complexity index is 828. The van der Waals surface area contributed by atoms with E-state index in [1.54, 1.807) is 18.5 Å². The van der Waals surface area contributed by atoms with Crippen LogP contribution in [0.5, 0.6) is 0 Å². The third-order valence-corrected chi connectivity index (χ3v) is 6.82. The third-order valence-electron chi connectivity index (χ3n) is 6.82. The summed E-state index contributed by atoms with van der Waals surface area (Å²) in [6.07, 6.45) is 8.92. The van der Waals surface area contributed by atoms with E-state index in [4.69, 9.17) is 0 Å². The van der Waals surface area contributed by atoms with E-state index in [9.17, 15) is 4.39 Å². The Morgan fingerprint density at radius 3 is 2.68 bits per heavy atom. The molecule has 1 unspecified atom stereocenters. The minimum absolute atomic E-state index is 0.303. The predicted molar refractivity (Wildman–Crippen MR) is 109 cm³/mol. The highest BCUT2D eigenvalue weighted by molar-refractivity contribution is 5.75. The second kappa shape index (κ2) is 7.08. The number of rotatable bonds is 3. The molecule has 6 heteroatoms. The first-order valence-corrected chi connectivity index (χ1v) is 10.4. The molecule has 2 aliphatic heterocycles. The Morgan fingerprint density at radius 1 is 1.14 bits per heavy atom. The van der Waals surface area contributed by atoms with Crippen molar-refractivity contribution >= 4 is 5.82 Å². The standard InChI is InChI=1S/C22H28FN5/c1-26-15-22(16-26)5-4-19(12-22)27-7-9-28(10-8-27)21-20(11-18(23)14-25-21)17-3-2-6-24-13-17/h2-3,6,11,13-14,19H,4-5,7-10,12,15-16H2,1H3. The summed E-state index contributed by atoms with van der Waals surface area (Å²) in [5.41, 5.74) is 2.35. The molecule has 2 aromatic rings. The van der Waals surface area contributed by atoms with Gasteiger partial charge in [-0.15, -0.1) is 0 Å². The van der Waals surface area contributed by atoms with Crippen LogP contribution >= 0.6 is 0 Å². The summed E-state index contributed by atoms with van der Waals surface area (Å²) < 4.78 is 13.9. The zero-order chi connectivity index (χ0) is 19.1. The van der Waals surface area contributed by atoms with Gasteiger partial charge >= 0.3 is 0 Å². The van der Waals surface area contributed by atoms with E-state index < -0.39 is 0 Å². The summed E-state index contributed by atoms with van der Waals surface area (Å²) in [7, 11) is 2.23. The number of halogens is 1. The van der Waals surface area contributed by atoms with Crippen LogP contribution in [0.15, 0.2) is 36.8 Å². The summed E-state index contributed by atoms with van der Waals surface area (Å²) in [6, 6.07) is 6.17. The van der Waals surface area contributed by atoms with Crippen LogP contribution in [0.4, 0.5) is 10.2 Å². The van der Waals surface area contributed by atoms with Gasteiger partial charge in [0.1, 0.15) is 11.6 Å². The summed E-state index contributed by atoms with van der Waals surface area (Å²) in [5.74, 6) is 0.570. The van der Waals surface area contributed by atoms with Crippen LogP contribution in [0.25, 0.3) is 11.1 Å². The Kier molecular flexibility index (Phi) is 4.56. The first-order chi connectivity index (χ1) is 13.6. The first-order valence-electron chi connectivity index (χ1n) is 10.4. The maximum atomic E-state index is 13.9. The minimum atomic E-state index is -0.303. The van der Waals surface area contributed by atoms with Crippen molar-refractivity contribution in [3.63, 3.8) is 0 Å². The fourth-order valence-electron chi connectivity index (χ4n) is 5.59. The Labute approximate surface area is 166 Å². The maximum absolute atomic E-state index is 13.9. The van der Waals surface area contributed by atoms with Gasteiger partial charge in [-0.05, 0) is 43.9 Å². The van der Waals surface area contributed by atoms with Gasteiger partial charge < -0.3 is 9.80 Å². The number of anilines is 1. The predicted octanol–water partition coefficient (Wildman–Crippen LogP) is 2.89. The molecule has 1 aliphatic carbocycles. The topological polar surface area (TPSA) is 35.5 Å². The molecule has 5 nitrogen and oxygen atoms in total. The van der Waals surface area contributed by atoms with E-state index in [0.29, 0.717) is 5.41 Å². The van der Waals surface area contributed by atoms with Crippen LogP contribution in [0, 0.1) is 11.2 Å². The smallest absolute Gasteiger partial charge is 0.142 e. The van der Waals surface area contributed by atoms with Crippen molar-refractivity contribution in [3.8, 4) is 11.1 Å². The second-order valence-corrected chi connectivity index (χ2v) is 8.86. The molecule has 3 aliphatic rings. The Balaban J connectivity index is 1.28. The number of nitrogens with zero attached hydrogens (tertiary/aromatic N) is 5. The molecule has 2 aromatic heterocycles. The Morgan fingerprint density at radius 2 is 1.96 bits per heavy atom. The highest BCUT2D eigenvalue weighted by Crippen LogP contribution is 2.46. The van der Waals surface area contributed by atoms with Crippen LogP contribution in [-0.2, 0) is 0 Å². The summed E-state index contributed by atoms with van der Waals surface area (Å²) in [6.45, 7) is 6.55. The average Bonchev–Trinajstić information content (AvgIpc) is 3.14. The van der Waals surface area contributed by atoms with E-state index in [-0.39, 0.29) is 5.82 Å². The van der Waals surface area contributed by atoms with Gasteiger partial charge in [-0.25, -0.2) is 9.37 Å². The number of piperazine rings is 1. The summed E-state index contributed by atoms with van der Waals surface area (Å²) in [5, 5.41) is 0. The lowest BCUT2D eigenvalue weighted by Crippen LogP contribution is -2.54. The fourth-order valence-corrected chi connectivity index (χ4v) is 5.59. The zero-order valence-corrected chi connectivity index (χ0v) is 16.5. The SMILES string of the molecule is CN1CC2(CCC(N3CCN(c4ncc(F)cc4-c4cccnc4)CC3)C2)C1. The van der Waals surface area contributed by atoms with Crippen molar-refractivity contribution < 1.29 is 4.39 Å². The fraction of sp³-hybridized carbons (Fsp3) is 0.545. The van der Waals surface area contributed by atoms with Gasteiger partial charge in [0, 0.05) is 68.8 Å². The lowest BCUT2D eigenvalue weighted by atomic mass is 9.78. The molecule has 1 atom stereocenters. The van der Waals surface area contributed by atoms with Crippen molar-refractivity contribution in [2.75, 3.05) is 51.2 Å². The van der Waals surface area contributed by atoms with E-state index in [0.717, 1.165) is 49.2 Å². The molecule has 4 heterocycles. The highest BCUT2D eigenvalue weighted by atomic mass is 19.1. The van der Waals surface area contributed by atoms with Crippen molar-refractivity contribution in [2.45, 2.75) is 25.3 Å². The molecule has 0 aromatic carbocycles. The van der Waals surface area contributed by atoms with Gasteiger partial charge in [-0.2, -0.15) is 0 Å². The van der Waals surface area contributed by atoms with Gasteiger partial charge in [0.2, 0.25) is 0 Å². The van der Waals surface area contributed by atoms with Crippen molar-refractivity contribution in [2.24, 2.45) is 5.41 Å². The molecule has 1 saturated carbocycles. The van der Waals surface area contributed by atoms with Crippen LogP contribution in [0.3, 0.4) is 0 Å². The average molecular weight is 381 g/mol. The first kappa shape index (κ1) is 18.0. The molecular weight excluding hydrogens is 353 g/mol. The number of hydrogen-bond acceptors (Lipinski definition) is 5. The number of pyridine rings is 2. The highest BCUT2D eigenvalue weighted by Gasteiger charge is 2.48. The molecule has 148 valence electrons. The number of hydrogen-bond donors (Lipinski definition) is 0. The van der Waals surface area contributed by atoms with Gasteiger partial charge in [0.25, 0.3) is 0 Å². The van der Waals surface area contributed by atoms with Gasteiger partial charge in [0.05, 0.1) is 6.20 Å². The molecule has 2 saturated heterocycles. The van der Waals surface area contributed by atoms with Crippen LogP contribution in [-0.4, -0.2) is 72.1 Å². The lowest BCUT2D eigenvalue weighted by molar-refractivity contribution is 0.0204. The molecule has 28 heavy (non-hydrogen) atoms. The van der Waals surface area contributed by atoms with Crippen LogP contribution in [0.1, 0.15) is 19.3 Å². The minimum Gasteiger partial charge on any atom is -0.354 e. The van der Waals surface area contributed by atoms with Crippen molar-refractivity contribution in [3.05, 3.63) is 42.6 Å². The largest absolute Gasteiger partial charge is 0.354 e. The Hall–Kier alpha value is -2.05. The number of aromatic nitrogens is 2. The molecule has 5 rings (SSSR count). The van der Waals surface area contributed by atoms with Gasteiger partial charge in [-0.3, -0.25) is 9.88 Å². The molecule has 1 spiro atoms. The lowest BCUT2D eigenvalue weighted by Gasteiger charge is -2.47. The summed E-state index contributed by atoms with van der Waals surface area (Å²) >= 11 is 0. The molecule has 3 fully saturated rings. The van der Waals surface area contributed by atoms with Crippen LogP contribution in [0.2, 0.25) is 0 Å². The number of likely N-dealkylation sites (tertiary alicyclic amines) is 1. The van der Waals surface area contributed by atoms with E-state index in [1.165, 1.54) is 38.5 Å². The zero-order valence-electron chi connectivity index (χ0n) is 16.5. The van der Waals surface area contributed by atoms with Crippen molar-refractivity contribution in [1.29, 1.82) is 0 Å². The van der Waals surface area contributed by atoms with E-state index in [1.807, 2.05) is 12.1 Å². The summed E-state index contributed by atoms with van der Waals surface area (Å²) in [4.78, 5) is 16.1. The van der Waals surface area contributed by atoms with E-state index >= 15 is 0 Å². The van der Waals surface area contributed by atoms with Crippen LogP contribution < -0.4 is 4.90 Å². The van der Waals surface area contributed by atoms with E-state index in [2.05, 4.69) is 31.7 Å². The van der Waals surface area contributed by atoms with Gasteiger partial charge in [0.15, 0.2) is 0 Å². The molecule has 0 amide bonds. The monoisotopic (exact) mass is 381 g/mol.